The van der Waals surface area contributed by atoms with E-state index in [0.717, 1.165) is 35.2 Å². The van der Waals surface area contributed by atoms with E-state index in [1.165, 1.54) is 25.7 Å². The van der Waals surface area contributed by atoms with Gasteiger partial charge in [-0.25, -0.2) is 0 Å². The SMILES string of the molecule is CCCCCCC/C(=N\O)c1ccc(-c2ccc(Cl)cc2Cl)cc1. The van der Waals surface area contributed by atoms with Crippen LogP contribution in [0.5, 0.6) is 0 Å². The highest BCUT2D eigenvalue weighted by molar-refractivity contribution is 6.36. The number of oxime groups is 1. The monoisotopic (exact) mass is 363 g/mol. The highest BCUT2D eigenvalue weighted by Gasteiger charge is 2.08. The van der Waals surface area contributed by atoms with Gasteiger partial charge in [0.05, 0.1) is 5.71 Å². The lowest BCUT2D eigenvalue weighted by Gasteiger charge is -2.08. The van der Waals surface area contributed by atoms with Gasteiger partial charge in [0.2, 0.25) is 0 Å². The molecule has 0 saturated carbocycles. The van der Waals surface area contributed by atoms with Crippen LogP contribution in [0.4, 0.5) is 0 Å². The van der Waals surface area contributed by atoms with Crippen LogP contribution in [0.3, 0.4) is 0 Å². The molecule has 0 atom stereocenters. The zero-order valence-electron chi connectivity index (χ0n) is 13.9. The Kier molecular flexibility index (Phi) is 7.61. The van der Waals surface area contributed by atoms with Gasteiger partial charge in [0.1, 0.15) is 0 Å². The fourth-order valence-corrected chi connectivity index (χ4v) is 3.23. The largest absolute Gasteiger partial charge is 0.411 e. The van der Waals surface area contributed by atoms with E-state index in [4.69, 9.17) is 23.2 Å². The van der Waals surface area contributed by atoms with E-state index in [9.17, 15) is 5.21 Å². The summed E-state index contributed by atoms with van der Waals surface area (Å²) in [7, 11) is 0. The quantitative estimate of drug-likeness (QED) is 0.228. The van der Waals surface area contributed by atoms with E-state index in [0.29, 0.717) is 10.0 Å². The van der Waals surface area contributed by atoms with Gasteiger partial charge in [0.25, 0.3) is 0 Å². The molecule has 24 heavy (non-hydrogen) atoms. The molecule has 0 fully saturated rings. The Hall–Kier alpha value is -1.51. The van der Waals surface area contributed by atoms with Crippen molar-refractivity contribution in [2.45, 2.75) is 45.4 Å². The first kappa shape index (κ1) is 18.8. The summed E-state index contributed by atoms with van der Waals surface area (Å²) in [6, 6.07) is 13.4. The molecule has 0 unspecified atom stereocenters. The van der Waals surface area contributed by atoms with Crippen LogP contribution in [-0.4, -0.2) is 10.9 Å². The topological polar surface area (TPSA) is 32.6 Å². The van der Waals surface area contributed by atoms with Gasteiger partial charge in [0, 0.05) is 15.6 Å². The standard InChI is InChI=1S/C20H23Cl2NO/c1-2-3-4-5-6-7-20(23-24)16-10-8-15(9-11-16)18-13-12-17(21)14-19(18)22/h8-14,24H,2-7H2,1H3/b23-20+. The Bertz CT molecular complexity index is 681. The molecule has 0 aliphatic heterocycles. The van der Waals surface area contributed by atoms with Gasteiger partial charge in [-0.1, -0.05) is 91.3 Å². The summed E-state index contributed by atoms with van der Waals surface area (Å²) in [6.45, 7) is 2.20. The molecule has 0 aliphatic rings. The number of nitrogens with zero attached hydrogens (tertiary/aromatic N) is 1. The third-order valence-corrected chi connectivity index (χ3v) is 4.65. The van der Waals surface area contributed by atoms with Gasteiger partial charge >= 0.3 is 0 Å². The maximum Gasteiger partial charge on any atom is 0.0867 e. The molecule has 2 rings (SSSR count). The molecule has 128 valence electrons. The zero-order valence-corrected chi connectivity index (χ0v) is 15.4. The molecule has 0 aliphatic carbocycles. The van der Waals surface area contributed by atoms with Crippen molar-refractivity contribution in [2.24, 2.45) is 5.16 Å². The van der Waals surface area contributed by atoms with Gasteiger partial charge < -0.3 is 5.21 Å². The second kappa shape index (κ2) is 9.71. The molecule has 2 aromatic carbocycles. The van der Waals surface area contributed by atoms with Gasteiger partial charge in [-0.3, -0.25) is 0 Å². The highest BCUT2D eigenvalue weighted by atomic mass is 35.5. The van der Waals surface area contributed by atoms with E-state index >= 15 is 0 Å². The van der Waals surface area contributed by atoms with Crippen LogP contribution < -0.4 is 0 Å². The first-order valence-electron chi connectivity index (χ1n) is 8.42. The van der Waals surface area contributed by atoms with E-state index < -0.39 is 0 Å². The first-order valence-corrected chi connectivity index (χ1v) is 9.18. The minimum absolute atomic E-state index is 0.623. The number of rotatable bonds is 8. The molecular weight excluding hydrogens is 341 g/mol. The molecule has 0 radical (unpaired) electrons. The van der Waals surface area contributed by atoms with E-state index in [1.807, 2.05) is 36.4 Å². The van der Waals surface area contributed by atoms with Crippen LogP contribution in [0.2, 0.25) is 10.0 Å². The normalized spacial score (nSPS) is 11.7. The Morgan fingerprint density at radius 2 is 1.67 bits per heavy atom. The minimum Gasteiger partial charge on any atom is -0.411 e. The van der Waals surface area contributed by atoms with Crippen molar-refractivity contribution in [3.63, 3.8) is 0 Å². The summed E-state index contributed by atoms with van der Waals surface area (Å²) in [5.41, 5.74) is 3.64. The molecule has 0 saturated heterocycles. The average Bonchev–Trinajstić information content (AvgIpc) is 2.59. The molecule has 2 aromatic rings. The second-order valence-electron chi connectivity index (χ2n) is 5.91. The second-order valence-corrected chi connectivity index (χ2v) is 6.76. The smallest absolute Gasteiger partial charge is 0.0867 e. The van der Waals surface area contributed by atoms with Gasteiger partial charge in [-0.2, -0.15) is 0 Å². The maximum atomic E-state index is 9.30. The maximum absolute atomic E-state index is 9.30. The fourth-order valence-electron chi connectivity index (χ4n) is 2.71. The van der Waals surface area contributed by atoms with Crippen LogP contribution in [0.1, 0.15) is 51.0 Å². The predicted molar refractivity (Wildman–Crippen MR) is 104 cm³/mol. The van der Waals surface area contributed by atoms with Crippen molar-refractivity contribution in [2.75, 3.05) is 0 Å². The lowest BCUT2D eigenvalue weighted by Crippen LogP contribution is -2.01. The Morgan fingerprint density at radius 3 is 2.29 bits per heavy atom. The third kappa shape index (κ3) is 5.25. The van der Waals surface area contributed by atoms with Gasteiger partial charge in [0.15, 0.2) is 0 Å². The number of unbranched alkanes of at least 4 members (excludes halogenated alkanes) is 4. The Labute approximate surface area is 154 Å². The summed E-state index contributed by atoms with van der Waals surface area (Å²) in [5, 5.41) is 14.0. The molecule has 0 aromatic heterocycles. The van der Waals surface area contributed by atoms with Gasteiger partial charge in [-0.05, 0) is 36.1 Å². The Balaban J connectivity index is 2.04. The van der Waals surface area contributed by atoms with Crippen molar-refractivity contribution in [1.29, 1.82) is 0 Å². The van der Waals surface area contributed by atoms with E-state index in [1.54, 1.807) is 6.07 Å². The third-order valence-electron chi connectivity index (χ3n) is 4.10. The predicted octanol–water partition coefficient (Wildman–Crippen LogP) is 7.20. The zero-order chi connectivity index (χ0) is 17.4. The number of halogens is 2. The lowest BCUT2D eigenvalue weighted by molar-refractivity contribution is 0.317. The molecule has 0 bridgehead atoms. The van der Waals surface area contributed by atoms with Crippen molar-refractivity contribution in [3.8, 4) is 11.1 Å². The van der Waals surface area contributed by atoms with E-state index in [-0.39, 0.29) is 0 Å². The summed E-state index contributed by atoms with van der Waals surface area (Å²) < 4.78 is 0. The van der Waals surface area contributed by atoms with Crippen LogP contribution in [0, 0.1) is 0 Å². The molecule has 0 spiro atoms. The lowest BCUT2D eigenvalue weighted by atomic mass is 9.99. The molecule has 4 heteroatoms. The van der Waals surface area contributed by atoms with Crippen molar-refractivity contribution in [1.82, 2.24) is 0 Å². The minimum atomic E-state index is 0.623. The fraction of sp³-hybridized carbons (Fsp3) is 0.350. The number of hydrogen-bond acceptors (Lipinski definition) is 2. The van der Waals surface area contributed by atoms with E-state index in [2.05, 4.69) is 12.1 Å². The van der Waals surface area contributed by atoms with Crippen LogP contribution in [0.15, 0.2) is 47.6 Å². The van der Waals surface area contributed by atoms with Crippen LogP contribution >= 0.6 is 23.2 Å². The van der Waals surface area contributed by atoms with Gasteiger partial charge in [-0.15, -0.1) is 0 Å². The first-order chi connectivity index (χ1) is 11.7. The molecular formula is C20H23Cl2NO. The van der Waals surface area contributed by atoms with Crippen LogP contribution in [0.25, 0.3) is 11.1 Å². The summed E-state index contributed by atoms with van der Waals surface area (Å²) >= 11 is 12.2. The molecule has 0 heterocycles. The molecule has 0 amide bonds. The van der Waals surface area contributed by atoms with Crippen LogP contribution in [-0.2, 0) is 0 Å². The van der Waals surface area contributed by atoms with Crippen molar-refractivity contribution < 1.29 is 5.21 Å². The molecule has 1 N–H and O–H groups in total. The number of benzene rings is 2. The highest BCUT2D eigenvalue weighted by Crippen LogP contribution is 2.30. The number of hydrogen-bond donors (Lipinski definition) is 1. The molecule has 2 nitrogen and oxygen atoms in total. The summed E-state index contributed by atoms with van der Waals surface area (Å²) in [4.78, 5) is 0. The Morgan fingerprint density at radius 1 is 0.958 bits per heavy atom. The average molecular weight is 364 g/mol. The summed E-state index contributed by atoms with van der Waals surface area (Å²) in [6.07, 6.45) is 6.75. The van der Waals surface area contributed by atoms with Crippen molar-refractivity contribution >= 4 is 28.9 Å². The summed E-state index contributed by atoms with van der Waals surface area (Å²) in [5.74, 6) is 0. The van der Waals surface area contributed by atoms with Crippen molar-refractivity contribution in [3.05, 3.63) is 58.1 Å².